The van der Waals surface area contributed by atoms with Crippen molar-refractivity contribution in [2.45, 2.75) is 52.1 Å². The summed E-state index contributed by atoms with van der Waals surface area (Å²) in [5, 5.41) is 0. The van der Waals surface area contributed by atoms with E-state index >= 15 is 0 Å². The molecule has 1 amide bonds. The quantitative estimate of drug-likeness (QED) is 0.296. The summed E-state index contributed by atoms with van der Waals surface area (Å²) in [5.74, 6) is 5.25. The number of nitrogens with two attached hydrogens (primary N) is 1. The zero-order valence-corrected chi connectivity index (χ0v) is 11.6. The number of carbonyl (C=O) groups excluding carboxylic acids is 1. The zero-order chi connectivity index (χ0) is 13.9. The van der Waals surface area contributed by atoms with E-state index in [4.69, 9.17) is 15.0 Å². The van der Waals surface area contributed by atoms with Crippen LogP contribution in [0.1, 0.15) is 61.6 Å². The molecule has 1 aromatic heterocycles. The van der Waals surface area contributed by atoms with E-state index in [1.54, 1.807) is 6.07 Å². The molecule has 3 N–H and O–H groups in total. The Bertz CT molecular complexity index is 363. The summed E-state index contributed by atoms with van der Waals surface area (Å²) in [4.78, 5) is 11.4. The van der Waals surface area contributed by atoms with Gasteiger partial charge < -0.3 is 9.15 Å². The molecule has 0 radical (unpaired) electrons. The summed E-state index contributed by atoms with van der Waals surface area (Å²) in [7, 11) is 0. The molecular weight excluding hydrogens is 244 g/mol. The van der Waals surface area contributed by atoms with Crippen LogP contribution < -0.4 is 11.3 Å². The van der Waals surface area contributed by atoms with Gasteiger partial charge in [0.05, 0.1) is 11.8 Å². The number of furan rings is 1. The molecule has 0 unspecified atom stereocenters. The number of amides is 1. The maximum absolute atomic E-state index is 11.4. The number of rotatable bonds is 10. The minimum Gasteiger partial charge on any atom is -0.466 e. The van der Waals surface area contributed by atoms with E-state index in [0.717, 1.165) is 6.42 Å². The van der Waals surface area contributed by atoms with Crippen molar-refractivity contribution < 1.29 is 13.9 Å². The molecule has 0 aliphatic heterocycles. The molecule has 1 heterocycles. The van der Waals surface area contributed by atoms with E-state index in [9.17, 15) is 4.79 Å². The first-order valence-corrected chi connectivity index (χ1v) is 6.94. The fraction of sp³-hybridized carbons (Fsp3) is 0.643. The van der Waals surface area contributed by atoms with Crippen LogP contribution in [0.15, 0.2) is 16.7 Å². The van der Waals surface area contributed by atoms with Crippen molar-refractivity contribution in [2.24, 2.45) is 5.84 Å². The first-order valence-electron chi connectivity index (χ1n) is 6.94. The van der Waals surface area contributed by atoms with Gasteiger partial charge >= 0.3 is 0 Å². The fourth-order valence-corrected chi connectivity index (χ4v) is 1.88. The summed E-state index contributed by atoms with van der Waals surface area (Å²) in [6.07, 6.45) is 8.84. The van der Waals surface area contributed by atoms with Crippen LogP contribution >= 0.6 is 0 Å². The second-order valence-electron chi connectivity index (χ2n) is 4.55. The molecule has 19 heavy (non-hydrogen) atoms. The molecule has 5 heteroatoms. The zero-order valence-electron chi connectivity index (χ0n) is 11.6. The summed E-state index contributed by atoms with van der Waals surface area (Å²) in [6.45, 7) is 3.21. The Morgan fingerprint density at radius 3 is 2.79 bits per heavy atom. The van der Waals surface area contributed by atoms with Crippen LogP contribution in [0.2, 0.25) is 0 Å². The standard InChI is InChI=1S/C14H24N2O3/c1-2-3-4-5-6-7-9-18-11-13-12(8-10-19-13)14(17)16-15/h8,10H,2-7,9,11,15H2,1H3,(H,16,17). The van der Waals surface area contributed by atoms with Gasteiger partial charge in [-0.1, -0.05) is 39.0 Å². The Kier molecular flexibility index (Phi) is 7.93. The maximum Gasteiger partial charge on any atom is 0.268 e. The van der Waals surface area contributed by atoms with Gasteiger partial charge in [-0.3, -0.25) is 10.2 Å². The van der Waals surface area contributed by atoms with E-state index in [1.807, 2.05) is 0 Å². The predicted molar refractivity (Wildman–Crippen MR) is 73.4 cm³/mol. The molecule has 0 aliphatic rings. The Morgan fingerprint density at radius 1 is 1.32 bits per heavy atom. The molecule has 1 rings (SSSR count). The maximum atomic E-state index is 11.4. The largest absolute Gasteiger partial charge is 0.466 e. The van der Waals surface area contributed by atoms with Gasteiger partial charge in [0.15, 0.2) is 0 Å². The minimum absolute atomic E-state index is 0.310. The van der Waals surface area contributed by atoms with Gasteiger partial charge in [-0.05, 0) is 12.5 Å². The third-order valence-electron chi connectivity index (χ3n) is 3.00. The molecule has 108 valence electrons. The first-order chi connectivity index (χ1) is 9.29. The highest BCUT2D eigenvalue weighted by Gasteiger charge is 2.13. The summed E-state index contributed by atoms with van der Waals surface area (Å²) >= 11 is 0. The van der Waals surface area contributed by atoms with Gasteiger partial charge in [-0.25, -0.2) is 5.84 Å². The number of hydrazine groups is 1. The average Bonchev–Trinajstić information content (AvgIpc) is 2.89. The van der Waals surface area contributed by atoms with Crippen molar-refractivity contribution in [1.29, 1.82) is 0 Å². The third kappa shape index (κ3) is 5.89. The lowest BCUT2D eigenvalue weighted by molar-refractivity contribution is 0.0909. The second-order valence-corrected chi connectivity index (χ2v) is 4.55. The lowest BCUT2D eigenvalue weighted by Gasteiger charge is -2.04. The number of unbranched alkanes of at least 4 members (excludes halogenated alkanes) is 5. The van der Waals surface area contributed by atoms with Crippen molar-refractivity contribution in [3.63, 3.8) is 0 Å². The van der Waals surface area contributed by atoms with Crippen molar-refractivity contribution in [2.75, 3.05) is 6.61 Å². The molecule has 0 saturated carbocycles. The molecule has 0 atom stereocenters. The van der Waals surface area contributed by atoms with Gasteiger partial charge in [0.25, 0.3) is 5.91 Å². The first kappa shape index (κ1) is 15.7. The van der Waals surface area contributed by atoms with E-state index in [-0.39, 0.29) is 5.91 Å². The van der Waals surface area contributed by atoms with Crippen molar-refractivity contribution in [3.05, 3.63) is 23.7 Å². The van der Waals surface area contributed by atoms with Crippen LogP contribution in [0.4, 0.5) is 0 Å². The third-order valence-corrected chi connectivity index (χ3v) is 3.00. The lowest BCUT2D eigenvalue weighted by atomic mass is 10.1. The van der Waals surface area contributed by atoms with Crippen molar-refractivity contribution >= 4 is 5.91 Å². The Hall–Kier alpha value is -1.33. The molecular formula is C14H24N2O3. The SMILES string of the molecule is CCCCCCCCOCc1occc1C(=O)NN. The number of hydrogen-bond acceptors (Lipinski definition) is 4. The summed E-state index contributed by atoms with van der Waals surface area (Å²) < 4.78 is 10.7. The van der Waals surface area contributed by atoms with E-state index < -0.39 is 0 Å². The van der Waals surface area contributed by atoms with Crippen LogP contribution in [0, 0.1) is 0 Å². The van der Waals surface area contributed by atoms with Gasteiger partial charge in [0, 0.05) is 6.61 Å². The van der Waals surface area contributed by atoms with Crippen LogP contribution in [0.5, 0.6) is 0 Å². The molecule has 5 nitrogen and oxygen atoms in total. The van der Waals surface area contributed by atoms with Crippen LogP contribution in [-0.4, -0.2) is 12.5 Å². The smallest absolute Gasteiger partial charge is 0.268 e. The highest BCUT2D eigenvalue weighted by molar-refractivity contribution is 5.94. The normalized spacial score (nSPS) is 10.6. The topological polar surface area (TPSA) is 77.5 Å². The van der Waals surface area contributed by atoms with Crippen molar-refractivity contribution in [1.82, 2.24) is 5.43 Å². The van der Waals surface area contributed by atoms with Crippen LogP contribution in [0.25, 0.3) is 0 Å². The second kappa shape index (κ2) is 9.58. The lowest BCUT2D eigenvalue weighted by Crippen LogP contribution is -2.30. The van der Waals surface area contributed by atoms with E-state index in [0.29, 0.717) is 24.5 Å². The number of hydrogen-bond donors (Lipinski definition) is 2. The number of nitrogen functional groups attached to an aromatic ring is 1. The van der Waals surface area contributed by atoms with Crippen LogP contribution in [-0.2, 0) is 11.3 Å². The van der Waals surface area contributed by atoms with Gasteiger partial charge in [0.1, 0.15) is 12.4 Å². The summed E-state index contributed by atoms with van der Waals surface area (Å²) in [5.41, 5.74) is 2.52. The Labute approximate surface area is 114 Å². The fourth-order valence-electron chi connectivity index (χ4n) is 1.88. The van der Waals surface area contributed by atoms with Crippen LogP contribution in [0.3, 0.4) is 0 Å². The summed E-state index contributed by atoms with van der Waals surface area (Å²) in [6, 6.07) is 1.59. The van der Waals surface area contributed by atoms with E-state index in [1.165, 1.54) is 38.4 Å². The molecule has 0 fully saturated rings. The monoisotopic (exact) mass is 268 g/mol. The molecule has 0 bridgehead atoms. The predicted octanol–water partition coefficient (Wildman–Crippen LogP) is 2.76. The molecule has 0 aliphatic carbocycles. The highest BCUT2D eigenvalue weighted by atomic mass is 16.5. The number of ether oxygens (including phenoxy) is 1. The molecule has 1 aromatic rings. The van der Waals surface area contributed by atoms with Gasteiger partial charge in [0.2, 0.25) is 0 Å². The highest BCUT2D eigenvalue weighted by Crippen LogP contribution is 2.12. The average molecular weight is 268 g/mol. The van der Waals surface area contributed by atoms with Crippen molar-refractivity contribution in [3.8, 4) is 0 Å². The molecule has 0 spiro atoms. The molecule has 0 aromatic carbocycles. The Morgan fingerprint density at radius 2 is 2.05 bits per heavy atom. The van der Waals surface area contributed by atoms with E-state index in [2.05, 4.69) is 12.3 Å². The van der Waals surface area contributed by atoms with Gasteiger partial charge in [-0.15, -0.1) is 0 Å². The number of nitrogens with one attached hydrogen (secondary N) is 1. The minimum atomic E-state index is -0.355. The number of carbonyl (C=O) groups is 1. The molecule has 0 saturated heterocycles. The Balaban J connectivity index is 2.13. The van der Waals surface area contributed by atoms with Gasteiger partial charge in [-0.2, -0.15) is 0 Å².